The van der Waals surface area contributed by atoms with Gasteiger partial charge in [-0.05, 0) is 42.7 Å². The Morgan fingerprint density at radius 3 is 2.20 bits per heavy atom. The Bertz CT molecular complexity index is 1600. The highest BCUT2D eigenvalue weighted by molar-refractivity contribution is 5.94. The molecule has 0 unspecified atom stereocenters. The van der Waals surface area contributed by atoms with E-state index < -0.39 is 82.2 Å². The summed E-state index contributed by atoms with van der Waals surface area (Å²) in [5.41, 5.74) is 2.52. The normalized spacial score (nSPS) is 36.9. The lowest BCUT2D eigenvalue weighted by Gasteiger charge is -2.68. The minimum atomic E-state index is -1.91. The third kappa shape index (κ3) is 5.90. The lowest BCUT2D eigenvalue weighted by atomic mass is 9.42. The van der Waals surface area contributed by atoms with Crippen LogP contribution in [0.4, 0.5) is 0 Å². The van der Waals surface area contributed by atoms with Gasteiger partial charge in [-0.15, -0.1) is 0 Å². The fourth-order valence-electron chi connectivity index (χ4n) is 9.05. The van der Waals surface area contributed by atoms with Crippen molar-refractivity contribution in [2.45, 2.75) is 95.7 Å². The second kappa shape index (κ2) is 13.9. The number of hydrogen-bond donors (Lipinski definition) is 6. The second-order valence-electron chi connectivity index (χ2n) is 15.1. The largest absolute Gasteiger partial charge is 0.483 e. The molecule has 3 fully saturated rings. The third-order valence-electron chi connectivity index (χ3n) is 12.1. The average molecular weight is 696 g/mol. The van der Waals surface area contributed by atoms with Crippen LogP contribution in [0.1, 0.15) is 69.4 Å². The average Bonchev–Trinajstić information content (AvgIpc) is 3.09. The molecule has 50 heavy (non-hydrogen) atoms. The van der Waals surface area contributed by atoms with Crippen LogP contribution in [-0.2, 0) is 23.8 Å². The van der Waals surface area contributed by atoms with Crippen LogP contribution in [0, 0.1) is 22.2 Å². The maximum Gasteiger partial charge on any atom is 0.338 e. The second-order valence-corrected chi connectivity index (χ2v) is 15.1. The van der Waals surface area contributed by atoms with Gasteiger partial charge in [0, 0.05) is 29.6 Å². The zero-order valence-electron chi connectivity index (χ0n) is 29.1. The molecule has 0 amide bonds. The first kappa shape index (κ1) is 37.8. The van der Waals surface area contributed by atoms with E-state index in [1.54, 1.807) is 58.0 Å². The smallest absolute Gasteiger partial charge is 0.338 e. The zero-order valence-corrected chi connectivity index (χ0v) is 29.1. The number of aliphatic hydroxyl groups is 4. The van der Waals surface area contributed by atoms with Crippen LogP contribution >= 0.6 is 0 Å². The van der Waals surface area contributed by atoms with E-state index >= 15 is 0 Å². The summed E-state index contributed by atoms with van der Waals surface area (Å²) in [6, 6.07) is 16.8. The molecule has 3 aliphatic carbocycles. The van der Waals surface area contributed by atoms with Gasteiger partial charge >= 0.3 is 5.97 Å². The van der Waals surface area contributed by atoms with Gasteiger partial charge in [-0.1, -0.05) is 69.3 Å². The van der Waals surface area contributed by atoms with Gasteiger partial charge in [0.15, 0.2) is 5.78 Å². The van der Waals surface area contributed by atoms with E-state index in [9.17, 15) is 30.0 Å². The van der Waals surface area contributed by atoms with Gasteiger partial charge in [-0.25, -0.2) is 4.79 Å². The number of ketones is 1. The Labute approximate surface area is 291 Å². The summed E-state index contributed by atoms with van der Waals surface area (Å²) in [5, 5.41) is 54.7. The van der Waals surface area contributed by atoms with Crippen molar-refractivity contribution in [1.82, 2.24) is 0 Å². The van der Waals surface area contributed by atoms with Crippen LogP contribution < -0.4 is 5.73 Å². The van der Waals surface area contributed by atoms with Gasteiger partial charge in [0.05, 0.1) is 54.6 Å². The number of hydrogen-bond acceptors (Lipinski definition) is 11. The van der Waals surface area contributed by atoms with Crippen LogP contribution in [-0.4, -0.2) is 99.2 Å². The topological polar surface area (TPSA) is 206 Å². The molecule has 1 saturated heterocycles. The number of carboxylic acid groups (broad SMARTS) is 1. The number of Topliss-reactive ketones (excluding diaryl/α,β-unsaturated/α-hetero) is 1. The molecule has 4 aliphatic rings. The van der Waals surface area contributed by atoms with E-state index in [0.29, 0.717) is 5.57 Å². The molecule has 1 aliphatic heterocycles. The summed E-state index contributed by atoms with van der Waals surface area (Å²) in [4.78, 5) is 36.9. The monoisotopic (exact) mass is 695 g/mol. The summed E-state index contributed by atoms with van der Waals surface area (Å²) in [6.07, 6.45) is -6.61. The number of ether oxygens (including phenoxy) is 3. The molecule has 6 rings (SSSR count). The molecular formula is C38H49NO11. The number of aliphatic hydroxyl groups excluding tert-OH is 3. The first-order valence-electron chi connectivity index (χ1n) is 16.9. The first-order valence-corrected chi connectivity index (χ1v) is 16.9. The highest BCUT2D eigenvalue weighted by atomic mass is 16.6. The van der Waals surface area contributed by atoms with Crippen LogP contribution in [0.3, 0.4) is 0 Å². The van der Waals surface area contributed by atoms with E-state index in [0.717, 1.165) is 5.56 Å². The van der Waals surface area contributed by atoms with Crippen molar-refractivity contribution in [1.29, 1.82) is 0 Å². The highest BCUT2D eigenvalue weighted by Gasteiger charge is 2.75. The first-order chi connectivity index (χ1) is 23.5. The van der Waals surface area contributed by atoms with Crippen LogP contribution in [0.15, 0.2) is 71.8 Å². The quantitative estimate of drug-likeness (QED) is 0.141. The predicted octanol–water partition coefficient (Wildman–Crippen LogP) is 2.57. The molecule has 2 bridgehead atoms. The van der Waals surface area contributed by atoms with Crippen molar-refractivity contribution in [3.05, 3.63) is 82.9 Å². The van der Waals surface area contributed by atoms with Crippen LogP contribution in [0.2, 0.25) is 0 Å². The molecule has 12 heteroatoms. The highest BCUT2D eigenvalue weighted by Crippen LogP contribution is 2.65. The molecule has 2 aromatic carbocycles. The molecule has 0 radical (unpaired) electrons. The summed E-state index contributed by atoms with van der Waals surface area (Å²) < 4.78 is 18.6. The van der Waals surface area contributed by atoms with Crippen molar-refractivity contribution in [2.24, 2.45) is 27.9 Å². The molecular weight excluding hydrogens is 646 g/mol. The minimum Gasteiger partial charge on any atom is -0.483 e. The minimum absolute atomic E-state index is 0.0828. The number of rotatable bonds is 7. The molecule has 2 saturated carbocycles. The number of esters is 1. The Balaban J connectivity index is 0.00000156. The summed E-state index contributed by atoms with van der Waals surface area (Å²) in [6.45, 7) is 8.52. The number of benzene rings is 2. The van der Waals surface area contributed by atoms with Gasteiger partial charge in [0.1, 0.15) is 17.8 Å². The molecule has 0 spiro atoms. The summed E-state index contributed by atoms with van der Waals surface area (Å²) >= 11 is 0. The lowest BCUT2D eigenvalue weighted by Crippen LogP contribution is -2.77. The third-order valence-corrected chi connectivity index (χ3v) is 12.1. The fourth-order valence-corrected chi connectivity index (χ4v) is 9.05. The summed E-state index contributed by atoms with van der Waals surface area (Å²) in [5.74, 6) is -2.24. The Morgan fingerprint density at radius 2 is 1.64 bits per heavy atom. The van der Waals surface area contributed by atoms with Gasteiger partial charge in [0.25, 0.3) is 6.47 Å². The molecule has 2 aromatic rings. The van der Waals surface area contributed by atoms with Gasteiger partial charge in [0.2, 0.25) is 0 Å². The Hall–Kier alpha value is -3.49. The molecule has 12 nitrogen and oxygen atoms in total. The SMILES string of the molecule is CC1=C2[C@@H](O)C(=O)[C@@]3(C)[C@H]([C@H](OC(=O)c4ccccc4)[C@](O)(C[C@@H]1OC[C@H](O)[C@@H](N)c1ccccc1)C2(C)C)[C@]1(C)CO[C@@H]1C[C@@H]3O.O=CO. The van der Waals surface area contributed by atoms with E-state index in [1.165, 1.54) is 0 Å². The van der Waals surface area contributed by atoms with Gasteiger partial charge < -0.3 is 45.5 Å². The predicted molar refractivity (Wildman–Crippen MR) is 181 cm³/mol. The fraction of sp³-hybridized carbons (Fsp3) is 0.553. The van der Waals surface area contributed by atoms with Gasteiger partial charge in [-0.2, -0.15) is 0 Å². The molecule has 7 N–H and O–H groups in total. The number of carbonyl (C=O) groups is 3. The van der Waals surface area contributed by atoms with E-state index in [1.807, 2.05) is 37.3 Å². The lowest BCUT2D eigenvalue weighted by molar-refractivity contribution is -0.314. The molecule has 1 heterocycles. The number of fused-ring (bicyclic) bond motifs is 5. The van der Waals surface area contributed by atoms with Gasteiger partial charge in [-0.3, -0.25) is 9.59 Å². The van der Waals surface area contributed by atoms with Crippen molar-refractivity contribution in [2.75, 3.05) is 13.2 Å². The van der Waals surface area contributed by atoms with E-state index in [2.05, 4.69) is 0 Å². The zero-order chi connectivity index (χ0) is 36.8. The number of carbonyl (C=O) groups excluding carboxylic acids is 2. The van der Waals surface area contributed by atoms with Crippen LogP contribution in [0.25, 0.3) is 0 Å². The molecule has 0 aromatic heterocycles. The van der Waals surface area contributed by atoms with Crippen molar-refractivity contribution in [3.63, 3.8) is 0 Å². The Kier molecular flexibility index (Phi) is 10.5. The maximum atomic E-state index is 14.6. The van der Waals surface area contributed by atoms with E-state index in [4.69, 9.17) is 29.8 Å². The maximum absolute atomic E-state index is 14.6. The van der Waals surface area contributed by atoms with Crippen LogP contribution in [0.5, 0.6) is 0 Å². The van der Waals surface area contributed by atoms with Crippen molar-refractivity contribution >= 4 is 18.2 Å². The van der Waals surface area contributed by atoms with E-state index in [-0.39, 0.29) is 43.7 Å². The van der Waals surface area contributed by atoms with Crippen molar-refractivity contribution < 1.29 is 54.1 Å². The molecule has 11 atom stereocenters. The molecule has 272 valence electrons. The van der Waals surface area contributed by atoms with Crippen molar-refractivity contribution in [3.8, 4) is 0 Å². The standard InChI is InChI=1S/C37H47NO9.CH2O2/c1-20-24(45-18-23(39)28(38)21-12-8-6-9-13-21)17-37(44)32(47-33(43)22-14-10-7-11-15-22)30-35(4)19-46-26(35)16-25(40)36(30,5)31(42)29(41)27(20)34(37,2)3;2-1-3/h6-15,23-26,28-30,32,39-41,44H,16-19,38H2,1-5H3;1H,(H,2,3)/t23-,24-,25-,26+,28-,29+,30+,32-,35+,36+,37+;/m0./s1. The summed E-state index contributed by atoms with van der Waals surface area (Å²) in [7, 11) is 0. The Morgan fingerprint density at radius 1 is 1.06 bits per heavy atom. The number of nitrogens with two attached hydrogens (primary N) is 1.